The van der Waals surface area contributed by atoms with Crippen molar-refractivity contribution >= 4 is 11.6 Å². The van der Waals surface area contributed by atoms with Gasteiger partial charge in [-0.05, 0) is 17.5 Å². The molecule has 0 amide bonds. The summed E-state index contributed by atoms with van der Waals surface area (Å²) in [6.07, 6.45) is 0. The average molecular weight is 230 g/mol. The molecule has 0 saturated carbocycles. The second-order valence-electron chi connectivity index (χ2n) is 3.58. The summed E-state index contributed by atoms with van der Waals surface area (Å²) < 4.78 is 26.0. The number of alkyl halides is 2. The van der Waals surface area contributed by atoms with Crippen LogP contribution in [0.1, 0.15) is 30.9 Å². The summed E-state index contributed by atoms with van der Waals surface area (Å²) in [6.45, 7) is 3.84. The van der Waals surface area contributed by atoms with Crippen LogP contribution in [0.15, 0.2) is 18.2 Å². The summed E-state index contributed by atoms with van der Waals surface area (Å²) in [7, 11) is 0. The molecule has 0 radical (unpaired) electrons. The second-order valence-corrected chi connectivity index (χ2v) is 3.98. The Hall–Kier alpha value is -1.14. The van der Waals surface area contributed by atoms with Gasteiger partial charge in [-0.15, -0.1) is 0 Å². The lowest BCUT2D eigenvalue weighted by Crippen LogP contribution is -2.10. The highest BCUT2D eigenvalue weighted by Crippen LogP contribution is 2.32. The maximum Gasteiger partial charge on any atom is 0.357 e. The monoisotopic (exact) mass is 229 g/mol. The van der Waals surface area contributed by atoms with Crippen molar-refractivity contribution in [1.29, 1.82) is 5.26 Å². The number of hydrogen-bond donors (Lipinski definition) is 0. The molecule has 0 aliphatic rings. The van der Waals surface area contributed by atoms with Gasteiger partial charge in [0.05, 0.1) is 0 Å². The Bertz CT molecular complexity index is 408. The smallest absolute Gasteiger partial charge is 0.191 e. The minimum atomic E-state index is -3.47. The molecule has 0 spiro atoms. The Morgan fingerprint density at radius 3 is 2.40 bits per heavy atom. The van der Waals surface area contributed by atoms with Gasteiger partial charge in [-0.2, -0.15) is 14.0 Å². The predicted octanol–water partition coefficient (Wildman–Crippen LogP) is 4.08. The van der Waals surface area contributed by atoms with Crippen molar-refractivity contribution in [2.24, 2.45) is 0 Å². The van der Waals surface area contributed by atoms with E-state index in [0.717, 1.165) is 17.7 Å². The minimum Gasteiger partial charge on any atom is -0.191 e. The third-order valence-corrected chi connectivity index (χ3v) is 2.45. The summed E-state index contributed by atoms with van der Waals surface area (Å²) in [5.41, 5.74) is 0.438. The van der Waals surface area contributed by atoms with Crippen LogP contribution in [0.3, 0.4) is 0 Å². The number of hydrogen-bond acceptors (Lipinski definition) is 1. The quantitative estimate of drug-likeness (QED) is 0.750. The molecule has 1 aromatic rings. The average Bonchev–Trinajstić information content (AvgIpc) is 2.17. The van der Waals surface area contributed by atoms with Gasteiger partial charge in [0.1, 0.15) is 6.07 Å². The Morgan fingerprint density at radius 1 is 1.40 bits per heavy atom. The normalized spacial score (nSPS) is 11.5. The molecule has 0 aromatic heterocycles. The SMILES string of the molecule is CC(C)c1ccc(C(F)(F)C#N)cc1Cl. The first kappa shape index (κ1) is 11.9. The molecule has 1 nitrogen and oxygen atoms in total. The van der Waals surface area contributed by atoms with Crippen molar-refractivity contribution in [1.82, 2.24) is 0 Å². The lowest BCUT2D eigenvalue weighted by atomic mass is 10.00. The largest absolute Gasteiger partial charge is 0.357 e. The van der Waals surface area contributed by atoms with Crippen molar-refractivity contribution in [2.45, 2.75) is 25.7 Å². The molecule has 1 aromatic carbocycles. The van der Waals surface area contributed by atoms with E-state index in [1.54, 1.807) is 0 Å². The maximum absolute atomic E-state index is 13.0. The van der Waals surface area contributed by atoms with Crippen LogP contribution in [0, 0.1) is 11.3 Å². The Morgan fingerprint density at radius 2 is 2.00 bits per heavy atom. The van der Waals surface area contributed by atoms with Crippen molar-refractivity contribution in [3.63, 3.8) is 0 Å². The van der Waals surface area contributed by atoms with Crippen LogP contribution in [-0.2, 0) is 5.92 Å². The number of nitrogens with zero attached hydrogens (tertiary/aromatic N) is 1. The van der Waals surface area contributed by atoms with E-state index in [1.165, 1.54) is 12.1 Å². The first-order valence-corrected chi connectivity index (χ1v) is 4.85. The summed E-state index contributed by atoms with van der Waals surface area (Å²) in [6, 6.07) is 4.87. The fourth-order valence-corrected chi connectivity index (χ4v) is 1.65. The molecule has 0 aliphatic heterocycles. The molecule has 1 rings (SSSR count). The van der Waals surface area contributed by atoms with Gasteiger partial charge < -0.3 is 0 Å². The molecular formula is C11H10ClF2N. The van der Waals surface area contributed by atoms with Gasteiger partial charge in [-0.1, -0.05) is 37.6 Å². The van der Waals surface area contributed by atoms with Gasteiger partial charge in [-0.25, -0.2) is 0 Å². The lowest BCUT2D eigenvalue weighted by Gasteiger charge is -2.12. The van der Waals surface area contributed by atoms with Crippen LogP contribution < -0.4 is 0 Å². The molecule has 15 heavy (non-hydrogen) atoms. The number of benzene rings is 1. The van der Waals surface area contributed by atoms with Crippen molar-refractivity contribution in [2.75, 3.05) is 0 Å². The van der Waals surface area contributed by atoms with E-state index < -0.39 is 5.92 Å². The summed E-state index contributed by atoms with van der Waals surface area (Å²) >= 11 is 5.84. The summed E-state index contributed by atoms with van der Waals surface area (Å²) in [5, 5.41) is 8.55. The molecular weight excluding hydrogens is 220 g/mol. The molecule has 0 bridgehead atoms. The van der Waals surface area contributed by atoms with Gasteiger partial charge in [0.15, 0.2) is 0 Å². The van der Waals surface area contributed by atoms with E-state index in [9.17, 15) is 8.78 Å². The fraction of sp³-hybridized carbons (Fsp3) is 0.364. The molecule has 0 fully saturated rings. The number of rotatable bonds is 2. The summed E-state index contributed by atoms with van der Waals surface area (Å²) in [4.78, 5) is 0. The first-order valence-electron chi connectivity index (χ1n) is 4.47. The van der Waals surface area contributed by atoms with Crippen LogP contribution in [0.5, 0.6) is 0 Å². The molecule has 0 saturated heterocycles. The van der Waals surface area contributed by atoms with E-state index in [0.29, 0.717) is 0 Å². The number of halogens is 3. The van der Waals surface area contributed by atoms with Crippen LogP contribution in [0.25, 0.3) is 0 Å². The highest BCUT2D eigenvalue weighted by atomic mass is 35.5. The standard InChI is InChI=1S/C11H10ClF2N/c1-7(2)9-4-3-8(5-10(9)12)11(13,14)6-15/h3-5,7H,1-2H3. The lowest BCUT2D eigenvalue weighted by molar-refractivity contribution is 0.0613. The summed E-state index contributed by atoms with van der Waals surface area (Å²) in [5.74, 6) is -3.30. The Kier molecular flexibility index (Phi) is 3.31. The number of nitriles is 1. The highest BCUT2D eigenvalue weighted by molar-refractivity contribution is 6.31. The molecule has 0 N–H and O–H groups in total. The fourth-order valence-electron chi connectivity index (χ4n) is 1.26. The second kappa shape index (κ2) is 4.16. The van der Waals surface area contributed by atoms with E-state index in [4.69, 9.17) is 16.9 Å². The molecule has 0 heterocycles. The minimum absolute atomic E-state index is 0.169. The Labute approximate surface area is 92.3 Å². The third kappa shape index (κ3) is 2.45. The zero-order valence-electron chi connectivity index (χ0n) is 8.39. The van der Waals surface area contributed by atoms with E-state index in [-0.39, 0.29) is 16.5 Å². The van der Waals surface area contributed by atoms with Gasteiger partial charge >= 0.3 is 5.92 Å². The Balaban J connectivity index is 3.19. The first-order chi connectivity index (χ1) is 6.88. The topological polar surface area (TPSA) is 23.8 Å². The van der Waals surface area contributed by atoms with Crippen LogP contribution in [0.4, 0.5) is 8.78 Å². The third-order valence-electron chi connectivity index (χ3n) is 2.13. The van der Waals surface area contributed by atoms with E-state index in [2.05, 4.69) is 0 Å². The van der Waals surface area contributed by atoms with Crippen molar-refractivity contribution in [3.8, 4) is 6.07 Å². The van der Waals surface area contributed by atoms with Gasteiger partial charge in [0, 0.05) is 10.6 Å². The van der Waals surface area contributed by atoms with E-state index >= 15 is 0 Å². The molecule has 4 heteroatoms. The molecule has 80 valence electrons. The highest BCUT2D eigenvalue weighted by Gasteiger charge is 2.31. The predicted molar refractivity (Wildman–Crippen MR) is 55.0 cm³/mol. The zero-order valence-corrected chi connectivity index (χ0v) is 9.15. The van der Waals surface area contributed by atoms with Gasteiger partial charge in [0.2, 0.25) is 0 Å². The zero-order chi connectivity index (χ0) is 11.6. The van der Waals surface area contributed by atoms with Crippen LogP contribution in [0.2, 0.25) is 5.02 Å². The van der Waals surface area contributed by atoms with Crippen molar-refractivity contribution < 1.29 is 8.78 Å². The molecule has 0 atom stereocenters. The van der Waals surface area contributed by atoms with Gasteiger partial charge in [0.25, 0.3) is 0 Å². The molecule has 0 unspecified atom stereocenters. The van der Waals surface area contributed by atoms with Crippen LogP contribution >= 0.6 is 11.6 Å². The molecule has 0 aliphatic carbocycles. The van der Waals surface area contributed by atoms with Crippen molar-refractivity contribution in [3.05, 3.63) is 34.3 Å². The van der Waals surface area contributed by atoms with Crippen LogP contribution in [-0.4, -0.2) is 0 Å². The van der Waals surface area contributed by atoms with E-state index in [1.807, 2.05) is 13.8 Å². The maximum atomic E-state index is 13.0. The van der Waals surface area contributed by atoms with Gasteiger partial charge in [-0.3, -0.25) is 0 Å².